The first-order chi connectivity index (χ1) is 10.1. The summed E-state index contributed by atoms with van der Waals surface area (Å²) in [5, 5.41) is 0. The van der Waals surface area contributed by atoms with Crippen LogP contribution in [0.2, 0.25) is 0 Å². The molecule has 1 amide bonds. The third kappa shape index (κ3) is 4.25. The number of likely N-dealkylation sites (tertiary alicyclic amines) is 1. The summed E-state index contributed by atoms with van der Waals surface area (Å²) in [4.78, 5) is 13.8. The van der Waals surface area contributed by atoms with Crippen molar-refractivity contribution in [3.05, 3.63) is 35.1 Å². The summed E-state index contributed by atoms with van der Waals surface area (Å²) < 4.78 is 13.9. The van der Waals surface area contributed by atoms with Gasteiger partial charge in [0.15, 0.2) is 0 Å². The lowest BCUT2D eigenvalue weighted by Crippen LogP contribution is -2.34. The van der Waals surface area contributed by atoms with E-state index in [1.807, 2.05) is 0 Å². The van der Waals surface area contributed by atoms with Gasteiger partial charge in [-0.05, 0) is 50.0 Å². The van der Waals surface area contributed by atoms with E-state index in [4.69, 9.17) is 5.84 Å². The molecule has 0 aliphatic carbocycles. The molecule has 5 heteroatoms. The molecule has 0 spiro atoms. The van der Waals surface area contributed by atoms with Crippen LogP contribution in [0, 0.1) is 11.7 Å². The molecule has 1 aromatic rings. The fourth-order valence-electron chi connectivity index (χ4n) is 3.00. The molecule has 0 atom stereocenters. The van der Waals surface area contributed by atoms with Crippen molar-refractivity contribution >= 4 is 5.91 Å². The average Bonchev–Trinajstić information content (AvgIpc) is 2.51. The van der Waals surface area contributed by atoms with Gasteiger partial charge in [0.1, 0.15) is 5.82 Å². The molecule has 21 heavy (non-hydrogen) atoms. The predicted octanol–water partition coefficient (Wildman–Crippen LogP) is 2.44. The molecule has 0 bridgehead atoms. The minimum absolute atomic E-state index is 0.265. The molecule has 0 radical (unpaired) electrons. The second kappa shape index (κ2) is 7.52. The maximum absolute atomic E-state index is 13.9. The fourth-order valence-corrected chi connectivity index (χ4v) is 3.00. The molecular formula is C16H24FN3O. The highest BCUT2D eigenvalue weighted by molar-refractivity contribution is 5.93. The monoisotopic (exact) mass is 293 g/mol. The lowest BCUT2D eigenvalue weighted by Gasteiger charge is -2.32. The van der Waals surface area contributed by atoms with Gasteiger partial charge in [-0.15, -0.1) is 0 Å². The van der Waals surface area contributed by atoms with Gasteiger partial charge in [-0.3, -0.25) is 15.1 Å². The second-order valence-electron chi connectivity index (χ2n) is 5.79. The smallest absolute Gasteiger partial charge is 0.265 e. The van der Waals surface area contributed by atoms with E-state index < -0.39 is 5.91 Å². The zero-order valence-electron chi connectivity index (χ0n) is 12.6. The van der Waals surface area contributed by atoms with Crippen molar-refractivity contribution in [2.45, 2.75) is 39.2 Å². The summed E-state index contributed by atoms with van der Waals surface area (Å²) in [5.74, 6) is 5.27. The molecule has 1 aromatic carbocycles. The number of carbonyl (C=O) groups is 1. The summed E-state index contributed by atoms with van der Waals surface area (Å²) in [5.41, 5.74) is 3.03. The Bertz CT molecular complexity index is 484. The molecule has 0 unspecified atom stereocenters. The summed E-state index contributed by atoms with van der Waals surface area (Å²) in [7, 11) is 0. The number of benzene rings is 1. The first-order valence-corrected chi connectivity index (χ1v) is 7.65. The van der Waals surface area contributed by atoms with Crippen molar-refractivity contribution in [3.8, 4) is 0 Å². The van der Waals surface area contributed by atoms with E-state index >= 15 is 0 Å². The van der Waals surface area contributed by atoms with Crippen LogP contribution < -0.4 is 11.3 Å². The van der Waals surface area contributed by atoms with Gasteiger partial charge in [-0.2, -0.15) is 0 Å². The maximum atomic E-state index is 13.9. The van der Waals surface area contributed by atoms with E-state index in [2.05, 4.69) is 17.2 Å². The SMILES string of the molecule is CCCC1CCN(Cc2cc(C(=O)NN)ccc2F)CC1. The normalized spacial score (nSPS) is 16.9. The maximum Gasteiger partial charge on any atom is 0.265 e. The molecular weight excluding hydrogens is 269 g/mol. The Morgan fingerprint density at radius 1 is 1.43 bits per heavy atom. The number of amides is 1. The van der Waals surface area contributed by atoms with Crippen LogP contribution in [-0.2, 0) is 6.54 Å². The summed E-state index contributed by atoms with van der Waals surface area (Å²) in [6.45, 7) is 4.76. The van der Waals surface area contributed by atoms with E-state index in [9.17, 15) is 9.18 Å². The van der Waals surface area contributed by atoms with Gasteiger partial charge in [0.2, 0.25) is 0 Å². The van der Waals surface area contributed by atoms with Crippen LogP contribution in [0.1, 0.15) is 48.5 Å². The van der Waals surface area contributed by atoms with Gasteiger partial charge < -0.3 is 0 Å². The van der Waals surface area contributed by atoms with Crippen molar-refractivity contribution in [1.82, 2.24) is 10.3 Å². The first kappa shape index (κ1) is 15.9. The predicted molar refractivity (Wildman–Crippen MR) is 81.0 cm³/mol. The number of nitrogens with one attached hydrogen (secondary N) is 1. The van der Waals surface area contributed by atoms with Crippen molar-refractivity contribution in [2.75, 3.05) is 13.1 Å². The Balaban J connectivity index is 1.98. The third-order valence-electron chi connectivity index (χ3n) is 4.24. The highest BCUT2D eigenvalue weighted by Crippen LogP contribution is 2.23. The number of hydrogen-bond donors (Lipinski definition) is 2. The zero-order valence-corrected chi connectivity index (χ0v) is 12.6. The van der Waals surface area contributed by atoms with Gasteiger partial charge in [-0.1, -0.05) is 19.8 Å². The van der Waals surface area contributed by atoms with Crippen LogP contribution >= 0.6 is 0 Å². The van der Waals surface area contributed by atoms with E-state index in [0.717, 1.165) is 19.0 Å². The Labute approximate surface area is 125 Å². The quantitative estimate of drug-likeness (QED) is 0.498. The zero-order chi connectivity index (χ0) is 15.2. The number of hydrogen-bond acceptors (Lipinski definition) is 3. The van der Waals surface area contributed by atoms with Crippen LogP contribution in [0.5, 0.6) is 0 Å². The lowest BCUT2D eigenvalue weighted by atomic mass is 9.92. The average molecular weight is 293 g/mol. The number of nitrogen functional groups attached to an aromatic ring is 1. The van der Waals surface area contributed by atoms with Crippen LogP contribution in [0.4, 0.5) is 4.39 Å². The van der Waals surface area contributed by atoms with Gasteiger partial charge >= 0.3 is 0 Å². The molecule has 2 rings (SSSR count). The number of hydrazine groups is 1. The fraction of sp³-hybridized carbons (Fsp3) is 0.562. The minimum Gasteiger partial charge on any atom is -0.299 e. The van der Waals surface area contributed by atoms with Gasteiger partial charge in [0, 0.05) is 17.7 Å². The first-order valence-electron chi connectivity index (χ1n) is 7.65. The van der Waals surface area contributed by atoms with E-state index in [1.54, 1.807) is 6.07 Å². The highest BCUT2D eigenvalue weighted by atomic mass is 19.1. The molecule has 1 fully saturated rings. The van der Waals surface area contributed by atoms with E-state index in [1.165, 1.54) is 37.8 Å². The number of halogens is 1. The topological polar surface area (TPSA) is 58.4 Å². The number of piperidine rings is 1. The number of nitrogens with zero attached hydrogens (tertiary/aromatic N) is 1. The Kier molecular flexibility index (Phi) is 5.70. The molecule has 116 valence electrons. The number of rotatable bonds is 5. The van der Waals surface area contributed by atoms with Crippen molar-refractivity contribution in [1.29, 1.82) is 0 Å². The molecule has 0 saturated carbocycles. The number of nitrogens with two attached hydrogens (primary N) is 1. The van der Waals surface area contributed by atoms with Crippen LogP contribution in [0.15, 0.2) is 18.2 Å². The third-order valence-corrected chi connectivity index (χ3v) is 4.24. The second-order valence-corrected chi connectivity index (χ2v) is 5.79. The number of carbonyl (C=O) groups excluding carboxylic acids is 1. The Morgan fingerprint density at radius 3 is 2.76 bits per heavy atom. The molecule has 1 aliphatic rings. The summed E-state index contributed by atoms with van der Waals surface area (Å²) >= 11 is 0. The van der Waals surface area contributed by atoms with E-state index in [0.29, 0.717) is 17.7 Å². The van der Waals surface area contributed by atoms with Crippen molar-refractivity contribution < 1.29 is 9.18 Å². The van der Waals surface area contributed by atoms with Gasteiger partial charge in [0.05, 0.1) is 0 Å². The standard InChI is InChI=1S/C16H24FN3O/c1-2-3-12-6-8-20(9-7-12)11-14-10-13(16(21)19-18)4-5-15(14)17/h4-5,10,12H,2-3,6-9,11,18H2,1H3,(H,19,21). The van der Waals surface area contributed by atoms with E-state index in [-0.39, 0.29) is 5.82 Å². The van der Waals surface area contributed by atoms with Crippen LogP contribution in [0.3, 0.4) is 0 Å². The van der Waals surface area contributed by atoms with Crippen LogP contribution in [0.25, 0.3) is 0 Å². The molecule has 1 aliphatic heterocycles. The molecule has 0 aromatic heterocycles. The molecule has 3 N–H and O–H groups in total. The minimum atomic E-state index is -0.391. The van der Waals surface area contributed by atoms with Crippen molar-refractivity contribution in [3.63, 3.8) is 0 Å². The lowest BCUT2D eigenvalue weighted by molar-refractivity contribution is 0.0953. The highest BCUT2D eigenvalue weighted by Gasteiger charge is 2.20. The van der Waals surface area contributed by atoms with Gasteiger partial charge in [-0.25, -0.2) is 10.2 Å². The summed E-state index contributed by atoms with van der Waals surface area (Å²) in [6.07, 6.45) is 4.88. The van der Waals surface area contributed by atoms with Gasteiger partial charge in [0.25, 0.3) is 5.91 Å². The Morgan fingerprint density at radius 2 is 2.14 bits per heavy atom. The summed E-state index contributed by atoms with van der Waals surface area (Å²) in [6, 6.07) is 4.38. The van der Waals surface area contributed by atoms with Crippen LogP contribution in [-0.4, -0.2) is 23.9 Å². The van der Waals surface area contributed by atoms with Crippen molar-refractivity contribution in [2.24, 2.45) is 11.8 Å². The molecule has 1 saturated heterocycles. The largest absolute Gasteiger partial charge is 0.299 e. The molecule has 4 nitrogen and oxygen atoms in total. The molecule has 1 heterocycles. The Hall–Kier alpha value is -1.46.